The van der Waals surface area contributed by atoms with Crippen molar-refractivity contribution >= 4 is 17.5 Å². The first-order valence-electron chi connectivity index (χ1n) is 7.41. The van der Waals surface area contributed by atoms with Crippen molar-refractivity contribution in [3.63, 3.8) is 0 Å². The molecule has 4 nitrogen and oxygen atoms in total. The Morgan fingerprint density at radius 1 is 1.23 bits per heavy atom. The van der Waals surface area contributed by atoms with Crippen molar-refractivity contribution in [3.05, 3.63) is 47.2 Å². The van der Waals surface area contributed by atoms with Gasteiger partial charge in [-0.3, -0.25) is 4.79 Å². The summed E-state index contributed by atoms with van der Waals surface area (Å²) in [5, 5.41) is 3.42. The van der Waals surface area contributed by atoms with E-state index in [1.807, 2.05) is 32.0 Å². The molecule has 2 rings (SSSR count). The highest BCUT2D eigenvalue weighted by molar-refractivity contribution is 6.33. The molecule has 0 fully saturated rings. The van der Waals surface area contributed by atoms with Gasteiger partial charge in [0.15, 0.2) is 5.76 Å². The topological polar surface area (TPSA) is 68.3 Å². The van der Waals surface area contributed by atoms with E-state index in [-0.39, 0.29) is 17.2 Å². The average molecular weight is 321 g/mol. The molecule has 22 heavy (non-hydrogen) atoms. The number of halogens is 1. The summed E-state index contributed by atoms with van der Waals surface area (Å²) in [6, 6.07) is 10.7. The Morgan fingerprint density at radius 2 is 1.91 bits per heavy atom. The Kier molecular flexibility index (Phi) is 5.27. The minimum Gasteiger partial charge on any atom is -0.451 e. The van der Waals surface area contributed by atoms with Crippen LogP contribution in [0.5, 0.6) is 0 Å². The van der Waals surface area contributed by atoms with Gasteiger partial charge in [-0.1, -0.05) is 37.6 Å². The van der Waals surface area contributed by atoms with Crippen molar-refractivity contribution in [3.8, 4) is 11.3 Å². The number of nitrogens with two attached hydrogens (primary N) is 1. The molecule has 0 unspecified atom stereocenters. The number of amides is 1. The van der Waals surface area contributed by atoms with E-state index < -0.39 is 0 Å². The molecule has 0 saturated carbocycles. The largest absolute Gasteiger partial charge is 0.451 e. The fourth-order valence-electron chi connectivity index (χ4n) is 2.11. The molecule has 0 radical (unpaired) electrons. The van der Waals surface area contributed by atoms with Crippen molar-refractivity contribution in [1.29, 1.82) is 0 Å². The molecule has 2 aromatic rings. The lowest BCUT2D eigenvalue weighted by Crippen LogP contribution is -2.49. The van der Waals surface area contributed by atoms with Crippen molar-refractivity contribution < 1.29 is 9.21 Å². The minimum absolute atomic E-state index is 0.254. The summed E-state index contributed by atoms with van der Waals surface area (Å²) in [5.41, 5.74) is 6.56. The zero-order valence-corrected chi connectivity index (χ0v) is 13.6. The van der Waals surface area contributed by atoms with Gasteiger partial charge in [-0.05, 0) is 37.1 Å². The quantitative estimate of drug-likeness (QED) is 0.849. The average Bonchev–Trinajstić information content (AvgIpc) is 3.02. The third-order valence-corrected chi connectivity index (χ3v) is 4.31. The molecule has 1 heterocycles. The summed E-state index contributed by atoms with van der Waals surface area (Å²) in [5.74, 6) is 0.556. The minimum atomic E-state index is -0.381. The molecule has 5 heteroatoms. The van der Waals surface area contributed by atoms with Crippen molar-refractivity contribution in [2.24, 2.45) is 5.73 Å². The highest BCUT2D eigenvalue weighted by atomic mass is 35.5. The van der Waals surface area contributed by atoms with Gasteiger partial charge in [0.1, 0.15) is 5.76 Å². The highest BCUT2D eigenvalue weighted by Gasteiger charge is 2.22. The normalized spacial score (nSPS) is 11.5. The second-order valence-corrected chi connectivity index (χ2v) is 5.80. The predicted molar refractivity (Wildman–Crippen MR) is 89.0 cm³/mol. The van der Waals surface area contributed by atoms with Crippen LogP contribution in [0.1, 0.15) is 37.2 Å². The third-order valence-electron chi connectivity index (χ3n) is 3.98. The van der Waals surface area contributed by atoms with Gasteiger partial charge in [-0.25, -0.2) is 0 Å². The Balaban J connectivity index is 2.08. The molecule has 1 aromatic heterocycles. The molecule has 1 aromatic carbocycles. The summed E-state index contributed by atoms with van der Waals surface area (Å²) >= 11 is 6.13. The molecular weight excluding hydrogens is 300 g/mol. The van der Waals surface area contributed by atoms with Gasteiger partial charge in [0.05, 0.1) is 5.02 Å². The van der Waals surface area contributed by atoms with Crippen LogP contribution in [0.25, 0.3) is 11.3 Å². The zero-order chi connectivity index (χ0) is 16.2. The maximum Gasteiger partial charge on any atom is 0.287 e. The van der Waals surface area contributed by atoms with Gasteiger partial charge in [-0.2, -0.15) is 0 Å². The molecule has 1 amide bonds. The van der Waals surface area contributed by atoms with Crippen molar-refractivity contribution in [2.75, 3.05) is 6.54 Å². The number of carbonyl (C=O) groups excluding carboxylic acids is 1. The number of hydrogen-bond donors (Lipinski definition) is 2. The van der Waals surface area contributed by atoms with Crippen LogP contribution in [0.2, 0.25) is 5.02 Å². The van der Waals surface area contributed by atoms with Crippen LogP contribution in [0.15, 0.2) is 40.8 Å². The number of nitrogens with one attached hydrogen (secondary N) is 1. The van der Waals surface area contributed by atoms with E-state index in [1.165, 1.54) is 0 Å². The molecule has 0 saturated heterocycles. The third kappa shape index (κ3) is 3.70. The van der Waals surface area contributed by atoms with Crippen LogP contribution >= 0.6 is 11.6 Å². The number of hydrogen-bond acceptors (Lipinski definition) is 3. The Labute approximate surface area is 135 Å². The van der Waals surface area contributed by atoms with E-state index in [0.717, 1.165) is 18.4 Å². The lowest BCUT2D eigenvalue weighted by atomic mass is 9.94. The van der Waals surface area contributed by atoms with Gasteiger partial charge in [0.25, 0.3) is 5.91 Å². The maximum atomic E-state index is 12.2. The molecule has 3 N–H and O–H groups in total. The standard InChI is InChI=1S/C17H21ClN2O2/c1-3-17(19,4-2)11-20-16(21)15-10-9-14(22-15)12-7-5-6-8-13(12)18/h5-10H,3-4,11,19H2,1-2H3,(H,20,21). The monoisotopic (exact) mass is 320 g/mol. The van der Waals surface area contributed by atoms with Crippen LogP contribution in [-0.2, 0) is 0 Å². The predicted octanol–water partition coefficient (Wildman–Crippen LogP) is 3.85. The molecule has 0 aliphatic carbocycles. The number of carbonyl (C=O) groups is 1. The summed E-state index contributed by atoms with van der Waals surface area (Å²) in [4.78, 5) is 12.2. The summed E-state index contributed by atoms with van der Waals surface area (Å²) < 4.78 is 5.61. The number of furan rings is 1. The first kappa shape index (κ1) is 16.6. The number of benzene rings is 1. The molecule has 118 valence electrons. The number of rotatable bonds is 6. The fraction of sp³-hybridized carbons (Fsp3) is 0.353. The molecule has 0 aliphatic heterocycles. The lowest BCUT2D eigenvalue weighted by molar-refractivity contribution is 0.0915. The first-order chi connectivity index (χ1) is 10.5. The van der Waals surface area contributed by atoms with Gasteiger partial charge in [-0.15, -0.1) is 0 Å². The van der Waals surface area contributed by atoms with Crippen LogP contribution in [-0.4, -0.2) is 18.0 Å². The van der Waals surface area contributed by atoms with E-state index in [1.54, 1.807) is 18.2 Å². The lowest BCUT2D eigenvalue weighted by Gasteiger charge is -2.26. The maximum absolute atomic E-state index is 12.2. The first-order valence-corrected chi connectivity index (χ1v) is 7.78. The van der Waals surface area contributed by atoms with E-state index in [9.17, 15) is 4.79 Å². The molecule has 0 spiro atoms. The van der Waals surface area contributed by atoms with Crippen LogP contribution in [0.4, 0.5) is 0 Å². The van der Waals surface area contributed by atoms with Gasteiger partial charge in [0, 0.05) is 17.6 Å². The molecule has 0 bridgehead atoms. The molecule has 0 aliphatic rings. The van der Waals surface area contributed by atoms with Gasteiger partial charge >= 0.3 is 0 Å². The Bertz CT molecular complexity index is 648. The van der Waals surface area contributed by atoms with Crippen LogP contribution in [0.3, 0.4) is 0 Å². The Hall–Kier alpha value is -1.78. The summed E-state index contributed by atoms with van der Waals surface area (Å²) in [7, 11) is 0. The van der Waals surface area contributed by atoms with Crippen LogP contribution in [0, 0.1) is 0 Å². The van der Waals surface area contributed by atoms with Gasteiger partial charge < -0.3 is 15.5 Å². The van der Waals surface area contributed by atoms with Crippen LogP contribution < -0.4 is 11.1 Å². The fourth-order valence-corrected chi connectivity index (χ4v) is 2.34. The van der Waals surface area contributed by atoms with E-state index >= 15 is 0 Å². The van der Waals surface area contributed by atoms with E-state index in [4.69, 9.17) is 21.8 Å². The SMILES string of the molecule is CCC(N)(CC)CNC(=O)c1ccc(-c2ccccc2Cl)o1. The summed E-state index contributed by atoms with van der Waals surface area (Å²) in [6.07, 6.45) is 1.60. The van der Waals surface area contributed by atoms with E-state index in [2.05, 4.69) is 5.32 Å². The zero-order valence-electron chi connectivity index (χ0n) is 12.9. The second kappa shape index (κ2) is 6.99. The molecular formula is C17H21ClN2O2. The van der Waals surface area contributed by atoms with Crippen molar-refractivity contribution in [2.45, 2.75) is 32.2 Å². The Morgan fingerprint density at radius 3 is 2.55 bits per heavy atom. The van der Waals surface area contributed by atoms with Gasteiger partial charge in [0.2, 0.25) is 0 Å². The van der Waals surface area contributed by atoms with E-state index in [0.29, 0.717) is 17.3 Å². The second-order valence-electron chi connectivity index (χ2n) is 5.40. The summed E-state index contributed by atoms with van der Waals surface area (Å²) in [6.45, 7) is 4.44. The highest BCUT2D eigenvalue weighted by Crippen LogP contribution is 2.29. The smallest absolute Gasteiger partial charge is 0.287 e. The van der Waals surface area contributed by atoms with Crippen molar-refractivity contribution in [1.82, 2.24) is 5.32 Å². The molecule has 0 atom stereocenters.